The molecule has 0 saturated carbocycles. The maximum absolute atomic E-state index is 14.0. The van der Waals surface area contributed by atoms with E-state index in [-0.39, 0.29) is 30.8 Å². The highest BCUT2D eigenvalue weighted by Gasteiger charge is 2.20. The Balaban J connectivity index is 1.96. The Bertz CT molecular complexity index is 1030. The van der Waals surface area contributed by atoms with Gasteiger partial charge < -0.3 is 14.6 Å². The van der Waals surface area contributed by atoms with E-state index < -0.39 is 11.7 Å². The summed E-state index contributed by atoms with van der Waals surface area (Å²) >= 11 is 0. The van der Waals surface area contributed by atoms with E-state index in [2.05, 4.69) is 4.98 Å². The molecule has 27 heavy (non-hydrogen) atoms. The number of H-pyrrole nitrogens is 1. The summed E-state index contributed by atoms with van der Waals surface area (Å²) in [6.45, 7) is 2.56. The van der Waals surface area contributed by atoms with Crippen LogP contribution in [0.15, 0.2) is 53.3 Å². The van der Waals surface area contributed by atoms with E-state index >= 15 is 0 Å². The number of amides is 1. The summed E-state index contributed by atoms with van der Waals surface area (Å²) in [5, 5.41) is 0.884. The van der Waals surface area contributed by atoms with Crippen LogP contribution in [-0.4, -0.2) is 36.1 Å². The molecule has 0 atom stereocenters. The molecule has 1 heterocycles. The van der Waals surface area contributed by atoms with Crippen LogP contribution in [0.3, 0.4) is 0 Å². The summed E-state index contributed by atoms with van der Waals surface area (Å²) in [6, 6.07) is 13.3. The number of hydrogen-bond acceptors (Lipinski definition) is 3. The number of hydrogen-bond donors (Lipinski definition) is 1. The van der Waals surface area contributed by atoms with Gasteiger partial charge in [-0.15, -0.1) is 0 Å². The molecule has 0 aliphatic carbocycles. The van der Waals surface area contributed by atoms with Gasteiger partial charge >= 0.3 is 0 Å². The Hall–Kier alpha value is -2.99. The van der Waals surface area contributed by atoms with E-state index in [9.17, 15) is 14.0 Å². The van der Waals surface area contributed by atoms with Gasteiger partial charge in [0.25, 0.3) is 11.5 Å². The molecule has 0 unspecified atom stereocenters. The molecule has 1 amide bonds. The predicted octanol–water partition coefficient (Wildman–Crippen LogP) is 3.26. The monoisotopic (exact) mass is 368 g/mol. The second-order valence-corrected chi connectivity index (χ2v) is 6.41. The SMILES string of the molecule is COCCN(Cc1cc2cc(C)ccc2[nH]c1=O)C(=O)c1ccccc1F. The maximum atomic E-state index is 14.0. The number of benzene rings is 2. The first-order chi connectivity index (χ1) is 13.0. The van der Waals surface area contributed by atoms with Gasteiger partial charge in [-0.25, -0.2) is 4.39 Å². The van der Waals surface area contributed by atoms with Gasteiger partial charge in [0.1, 0.15) is 5.82 Å². The van der Waals surface area contributed by atoms with Crippen LogP contribution in [0.1, 0.15) is 21.5 Å². The fourth-order valence-electron chi connectivity index (χ4n) is 2.95. The first-order valence-electron chi connectivity index (χ1n) is 8.65. The third kappa shape index (κ3) is 4.23. The summed E-state index contributed by atoms with van der Waals surface area (Å²) in [5.41, 5.74) is 1.95. The number of fused-ring (bicyclic) bond motifs is 1. The van der Waals surface area contributed by atoms with E-state index in [1.54, 1.807) is 12.1 Å². The summed E-state index contributed by atoms with van der Waals surface area (Å²) in [6.07, 6.45) is 0. The maximum Gasteiger partial charge on any atom is 0.257 e. The van der Waals surface area contributed by atoms with Crippen LogP contribution in [0.25, 0.3) is 10.9 Å². The molecule has 0 bridgehead atoms. The zero-order valence-electron chi connectivity index (χ0n) is 15.3. The van der Waals surface area contributed by atoms with Gasteiger partial charge in [0, 0.05) is 24.7 Å². The van der Waals surface area contributed by atoms with Crippen molar-refractivity contribution in [1.29, 1.82) is 0 Å². The molecule has 0 aliphatic heterocycles. The van der Waals surface area contributed by atoms with Crippen LogP contribution in [0, 0.1) is 12.7 Å². The molecule has 0 spiro atoms. The van der Waals surface area contributed by atoms with Gasteiger partial charge in [-0.05, 0) is 42.6 Å². The van der Waals surface area contributed by atoms with E-state index in [4.69, 9.17) is 4.74 Å². The highest BCUT2D eigenvalue weighted by molar-refractivity contribution is 5.94. The van der Waals surface area contributed by atoms with E-state index in [0.717, 1.165) is 16.5 Å². The molecule has 140 valence electrons. The van der Waals surface area contributed by atoms with Gasteiger partial charge in [0.15, 0.2) is 0 Å². The second kappa shape index (κ2) is 8.14. The van der Waals surface area contributed by atoms with Crippen molar-refractivity contribution >= 4 is 16.8 Å². The van der Waals surface area contributed by atoms with Crippen molar-refractivity contribution < 1.29 is 13.9 Å². The lowest BCUT2D eigenvalue weighted by Crippen LogP contribution is -2.35. The Morgan fingerprint density at radius 2 is 1.96 bits per heavy atom. The lowest BCUT2D eigenvalue weighted by Gasteiger charge is -2.22. The third-order valence-electron chi connectivity index (χ3n) is 4.39. The highest BCUT2D eigenvalue weighted by Crippen LogP contribution is 2.16. The number of ether oxygens (including phenoxy) is 1. The third-order valence-corrected chi connectivity index (χ3v) is 4.39. The lowest BCUT2D eigenvalue weighted by molar-refractivity contribution is 0.0675. The minimum Gasteiger partial charge on any atom is -0.383 e. The number of aromatic amines is 1. The Labute approximate surface area is 156 Å². The van der Waals surface area contributed by atoms with E-state index in [1.807, 2.05) is 25.1 Å². The molecule has 0 fully saturated rings. The number of aryl methyl sites for hydroxylation is 1. The quantitative estimate of drug-likeness (QED) is 0.726. The van der Waals surface area contributed by atoms with Crippen LogP contribution in [0.5, 0.6) is 0 Å². The highest BCUT2D eigenvalue weighted by atomic mass is 19.1. The number of rotatable bonds is 6. The van der Waals surface area contributed by atoms with Gasteiger partial charge in [0.05, 0.1) is 18.7 Å². The minimum atomic E-state index is -0.590. The van der Waals surface area contributed by atoms with E-state index in [1.165, 1.54) is 30.2 Å². The summed E-state index contributed by atoms with van der Waals surface area (Å²) in [5.74, 6) is -1.07. The molecular formula is C21H21FN2O3. The van der Waals surface area contributed by atoms with Gasteiger partial charge in [-0.3, -0.25) is 9.59 Å². The summed E-state index contributed by atoms with van der Waals surface area (Å²) in [7, 11) is 1.53. The van der Waals surface area contributed by atoms with Crippen molar-refractivity contribution in [2.24, 2.45) is 0 Å². The predicted molar refractivity (Wildman–Crippen MR) is 102 cm³/mol. The Morgan fingerprint density at radius 3 is 2.70 bits per heavy atom. The van der Waals surface area contributed by atoms with Crippen LogP contribution >= 0.6 is 0 Å². The van der Waals surface area contributed by atoms with Crippen molar-refractivity contribution in [2.75, 3.05) is 20.3 Å². The van der Waals surface area contributed by atoms with E-state index in [0.29, 0.717) is 5.56 Å². The number of carbonyl (C=O) groups excluding carboxylic acids is 1. The summed E-state index contributed by atoms with van der Waals surface area (Å²) < 4.78 is 19.1. The second-order valence-electron chi connectivity index (χ2n) is 6.41. The molecular weight excluding hydrogens is 347 g/mol. The molecule has 0 saturated heterocycles. The Kier molecular flexibility index (Phi) is 5.66. The number of aromatic nitrogens is 1. The first kappa shape index (κ1) is 18.8. The fourth-order valence-corrected chi connectivity index (χ4v) is 2.95. The standard InChI is InChI=1S/C21H21FN2O3/c1-14-7-8-19-15(11-14)12-16(20(25)23-19)13-24(9-10-27-2)21(26)17-5-3-4-6-18(17)22/h3-8,11-12H,9-10,13H2,1-2H3,(H,23,25). The molecule has 0 radical (unpaired) electrons. The zero-order chi connectivity index (χ0) is 19.4. The largest absolute Gasteiger partial charge is 0.383 e. The van der Waals surface area contributed by atoms with Crippen molar-refractivity contribution in [3.8, 4) is 0 Å². The molecule has 3 aromatic rings. The van der Waals surface area contributed by atoms with Crippen molar-refractivity contribution in [3.05, 3.63) is 81.4 Å². The van der Waals surface area contributed by atoms with Gasteiger partial charge in [0.2, 0.25) is 0 Å². The summed E-state index contributed by atoms with van der Waals surface area (Å²) in [4.78, 5) is 29.5. The smallest absolute Gasteiger partial charge is 0.257 e. The average Bonchev–Trinajstić information content (AvgIpc) is 2.65. The minimum absolute atomic E-state index is 0.0262. The number of nitrogens with one attached hydrogen (secondary N) is 1. The van der Waals surface area contributed by atoms with Crippen molar-refractivity contribution in [1.82, 2.24) is 9.88 Å². The number of pyridine rings is 1. The normalized spacial score (nSPS) is 10.9. The van der Waals surface area contributed by atoms with Gasteiger partial charge in [-0.1, -0.05) is 23.8 Å². The average molecular weight is 368 g/mol. The molecule has 3 rings (SSSR count). The number of nitrogens with zero attached hydrogens (tertiary/aromatic N) is 1. The Morgan fingerprint density at radius 1 is 1.19 bits per heavy atom. The lowest BCUT2D eigenvalue weighted by atomic mass is 10.1. The molecule has 1 aromatic heterocycles. The number of methoxy groups -OCH3 is 1. The van der Waals surface area contributed by atoms with Crippen molar-refractivity contribution in [3.63, 3.8) is 0 Å². The van der Waals surface area contributed by atoms with Crippen molar-refractivity contribution in [2.45, 2.75) is 13.5 Å². The number of halogens is 1. The molecule has 1 N–H and O–H groups in total. The fraction of sp³-hybridized carbons (Fsp3) is 0.238. The number of carbonyl (C=O) groups is 1. The topological polar surface area (TPSA) is 62.4 Å². The van der Waals surface area contributed by atoms with Crippen LogP contribution in [0.4, 0.5) is 4.39 Å². The van der Waals surface area contributed by atoms with Crippen LogP contribution in [-0.2, 0) is 11.3 Å². The molecule has 0 aliphatic rings. The molecule has 2 aromatic carbocycles. The molecule has 6 heteroatoms. The zero-order valence-corrected chi connectivity index (χ0v) is 15.3. The van der Waals surface area contributed by atoms with Crippen LogP contribution in [0.2, 0.25) is 0 Å². The first-order valence-corrected chi connectivity index (χ1v) is 8.65. The molecule has 5 nitrogen and oxygen atoms in total. The van der Waals surface area contributed by atoms with Gasteiger partial charge in [-0.2, -0.15) is 0 Å². The van der Waals surface area contributed by atoms with Crippen LogP contribution < -0.4 is 5.56 Å².